The minimum Gasteiger partial charge on any atom is -0.493 e. The molecule has 0 amide bonds. The maximum absolute atomic E-state index is 9.16. The van der Waals surface area contributed by atoms with Gasteiger partial charge in [-0.05, 0) is 6.07 Å². The van der Waals surface area contributed by atoms with Gasteiger partial charge in [0.25, 0.3) is 0 Å². The van der Waals surface area contributed by atoms with Gasteiger partial charge >= 0.3 is 0 Å². The van der Waals surface area contributed by atoms with Crippen molar-refractivity contribution < 1.29 is 24.4 Å². The molecule has 12 nitrogen and oxygen atoms in total. The molecule has 2 aromatic rings. The lowest BCUT2D eigenvalue weighted by Gasteiger charge is -2.35. The van der Waals surface area contributed by atoms with Crippen LogP contribution in [0.1, 0.15) is 12.7 Å². The maximum atomic E-state index is 9.16. The normalized spacial score (nSPS) is 14.0. The van der Waals surface area contributed by atoms with E-state index in [2.05, 4.69) is 9.80 Å². The number of fused-ring (bicyclic) bond motifs is 1. The molecule has 1 saturated heterocycles. The highest BCUT2D eigenvalue weighted by Crippen LogP contribution is 2.44. The van der Waals surface area contributed by atoms with Gasteiger partial charge in [-0.1, -0.05) is 6.92 Å². The molecule has 0 saturated carbocycles. The van der Waals surface area contributed by atoms with Gasteiger partial charge in [-0.2, -0.15) is 0 Å². The average molecular weight is 438 g/mol. The quantitative estimate of drug-likeness (QED) is 0.489. The summed E-state index contributed by atoms with van der Waals surface area (Å²) in [6.07, 6.45) is 0.727. The molecule has 0 radical (unpaired) electrons. The van der Waals surface area contributed by atoms with Gasteiger partial charge in [0.1, 0.15) is 17.2 Å². The molecule has 0 spiro atoms. The monoisotopic (exact) mass is 438 g/mol. The van der Waals surface area contributed by atoms with E-state index in [4.69, 9.17) is 44.6 Å². The third-order valence-corrected chi connectivity index (χ3v) is 4.92. The number of aliphatic hydroxyl groups is 1. The standard InChI is InChI=1S/C19H28N4O4.NO3/c1-5-15-20-16-13(12-14(25-2)17(26-3)18(16)27-4)19(21-15)23-8-6-22(7-9-23)10-11-24;2-1(3)4/h12,24H,5-11H2,1-4H3;/q;-1. The molecule has 0 unspecified atom stereocenters. The van der Waals surface area contributed by atoms with Crippen molar-refractivity contribution in [3.8, 4) is 17.2 Å². The summed E-state index contributed by atoms with van der Waals surface area (Å²) in [4.78, 5) is 22.3. The number of hydrogen-bond acceptors (Lipinski definition) is 11. The number of benzene rings is 1. The maximum Gasteiger partial charge on any atom is 0.205 e. The third-order valence-electron chi connectivity index (χ3n) is 4.92. The lowest BCUT2D eigenvalue weighted by Crippen LogP contribution is -2.47. The Kier molecular flexibility index (Phi) is 8.82. The van der Waals surface area contributed by atoms with Crippen molar-refractivity contribution in [1.29, 1.82) is 0 Å². The van der Waals surface area contributed by atoms with Crippen molar-refractivity contribution in [1.82, 2.24) is 14.9 Å². The molecule has 2 heterocycles. The molecule has 1 aromatic carbocycles. The van der Waals surface area contributed by atoms with E-state index in [0.29, 0.717) is 23.8 Å². The fourth-order valence-electron chi connectivity index (χ4n) is 3.48. The number of piperazine rings is 1. The average Bonchev–Trinajstić information content (AvgIpc) is 2.77. The Morgan fingerprint density at radius 3 is 2.16 bits per heavy atom. The summed E-state index contributed by atoms with van der Waals surface area (Å²) in [7, 11) is 4.81. The van der Waals surface area contributed by atoms with Gasteiger partial charge in [-0.25, -0.2) is 9.97 Å². The molecule has 1 aromatic heterocycles. The first-order chi connectivity index (χ1) is 14.9. The zero-order chi connectivity index (χ0) is 23.0. The Hall–Kier alpha value is -3.12. The van der Waals surface area contributed by atoms with Crippen LogP contribution < -0.4 is 19.1 Å². The molecule has 31 heavy (non-hydrogen) atoms. The highest BCUT2D eigenvalue weighted by molar-refractivity contribution is 5.97. The predicted octanol–water partition coefficient (Wildman–Crippen LogP) is 1.09. The molecule has 172 valence electrons. The first kappa shape index (κ1) is 24.2. The Bertz CT molecular complexity index is 884. The van der Waals surface area contributed by atoms with Crippen molar-refractivity contribution in [2.45, 2.75) is 13.3 Å². The van der Waals surface area contributed by atoms with Crippen LogP contribution in [-0.2, 0) is 6.42 Å². The number of ether oxygens (including phenoxy) is 3. The molecule has 1 fully saturated rings. The topological polar surface area (TPSA) is 146 Å². The van der Waals surface area contributed by atoms with E-state index >= 15 is 0 Å². The van der Waals surface area contributed by atoms with Gasteiger partial charge in [-0.15, -0.1) is 0 Å². The molecule has 1 aliphatic rings. The van der Waals surface area contributed by atoms with Crippen molar-refractivity contribution in [2.75, 3.05) is 65.6 Å². The largest absolute Gasteiger partial charge is 0.493 e. The minimum absolute atomic E-state index is 0.185. The van der Waals surface area contributed by atoms with E-state index < -0.39 is 5.09 Å². The fraction of sp³-hybridized carbons (Fsp3) is 0.579. The van der Waals surface area contributed by atoms with Crippen LogP contribution in [0.5, 0.6) is 17.2 Å². The van der Waals surface area contributed by atoms with Crippen molar-refractivity contribution in [3.63, 3.8) is 0 Å². The number of hydrogen-bond donors (Lipinski definition) is 1. The SMILES string of the molecule is CCc1nc(N2CCN(CCO)CC2)c2cc(OC)c(OC)c(OC)c2n1.O=[N+]([O-])[O-]. The van der Waals surface area contributed by atoms with Crippen LogP contribution in [0, 0.1) is 15.3 Å². The van der Waals surface area contributed by atoms with Crippen molar-refractivity contribution >= 4 is 16.7 Å². The number of aryl methyl sites for hydroxylation is 1. The summed E-state index contributed by atoms with van der Waals surface area (Å²) in [5, 5.41) is 24.8. The number of β-amino-alcohol motifs (C(OH)–C–C–N with tert-alkyl or cyclic N) is 1. The Morgan fingerprint density at radius 1 is 1.06 bits per heavy atom. The minimum atomic E-state index is -1.75. The fourth-order valence-corrected chi connectivity index (χ4v) is 3.48. The van der Waals surface area contributed by atoms with Gasteiger partial charge in [0.15, 0.2) is 11.5 Å². The van der Waals surface area contributed by atoms with Gasteiger partial charge in [0.2, 0.25) is 5.75 Å². The predicted molar refractivity (Wildman–Crippen MR) is 115 cm³/mol. The zero-order valence-electron chi connectivity index (χ0n) is 18.2. The summed E-state index contributed by atoms with van der Waals surface area (Å²) in [5.74, 6) is 3.34. The van der Waals surface area contributed by atoms with Crippen LogP contribution in [0.3, 0.4) is 0 Å². The Labute approximate surface area is 180 Å². The first-order valence-corrected chi connectivity index (χ1v) is 9.79. The van der Waals surface area contributed by atoms with Crippen LogP contribution in [0.15, 0.2) is 6.07 Å². The highest BCUT2D eigenvalue weighted by Gasteiger charge is 2.25. The number of aliphatic hydroxyl groups excluding tert-OH is 1. The molecule has 12 heteroatoms. The van der Waals surface area contributed by atoms with E-state index in [1.165, 1.54) is 0 Å². The summed E-state index contributed by atoms with van der Waals surface area (Å²) in [6.45, 7) is 6.38. The molecular formula is C19H28N5O7-. The second-order valence-electron chi connectivity index (χ2n) is 6.63. The zero-order valence-corrected chi connectivity index (χ0v) is 18.2. The number of rotatable bonds is 7. The van der Waals surface area contributed by atoms with Crippen LogP contribution >= 0.6 is 0 Å². The summed E-state index contributed by atoms with van der Waals surface area (Å²) < 4.78 is 16.7. The molecule has 0 aliphatic carbocycles. The summed E-state index contributed by atoms with van der Waals surface area (Å²) in [6, 6.07) is 1.92. The van der Waals surface area contributed by atoms with Crippen LogP contribution in [0.2, 0.25) is 0 Å². The summed E-state index contributed by atoms with van der Waals surface area (Å²) >= 11 is 0. The summed E-state index contributed by atoms with van der Waals surface area (Å²) in [5.41, 5.74) is 0.731. The van der Waals surface area contributed by atoms with E-state index in [1.54, 1.807) is 21.3 Å². The number of aromatic nitrogens is 2. The molecular weight excluding hydrogens is 410 g/mol. The van der Waals surface area contributed by atoms with Gasteiger partial charge in [0.05, 0.1) is 38.4 Å². The lowest BCUT2D eigenvalue weighted by molar-refractivity contribution is -0.402. The second-order valence-corrected chi connectivity index (χ2v) is 6.63. The van der Waals surface area contributed by atoms with E-state index in [-0.39, 0.29) is 6.61 Å². The van der Waals surface area contributed by atoms with Crippen LogP contribution in [0.4, 0.5) is 5.82 Å². The third kappa shape index (κ3) is 5.73. The highest BCUT2D eigenvalue weighted by atomic mass is 16.9. The van der Waals surface area contributed by atoms with Crippen molar-refractivity contribution in [3.05, 3.63) is 27.2 Å². The lowest BCUT2D eigenvalue weighted by atomic mass is 10.1. The first-order valence-electron chi connectivity index (χ1n) is 9.79. The van der Waals surface area contributed by atoms with E-state index in [9.17, 15) is 0 Å². The Balaban J connectivity index is 0.000000785. The molecule has 1 aliphatic heterocycles. The number of anilines is 1. The van der Waals surface area contributed by atoms with E-state index in [0.717, 1.165) is 55.1 Å². The number of nitrogens with zero attached hydrogens (tertiary/aromatic N) is 5. The van der Waals surface area contributed by atoms with Crippen molar-refractivity contribution in [2.24, 2.45) is 0 Å². The molecule has 0 atom stereocenters. The van der Waals surface area contributed by atoms with Crippen LogP contribution in [-0.4, -0.2) is 85.7 Å². The smallest absolute Gasteiger partial charge is 0.205 e. The second kappa shape index (κ2) is 11.3. The van der Waals surface area contributed by atoms with Gasteiger partial charge in [0, 0.05) is 39.1 Å². The Morgan fingerprint density at radius 2 is 1.68 bits per heavy atom. The van der Waals surface area contributed by atoms with Crippen LogP contribution in [0.25, 0.3) is 10.9 Å². The molecule has 3 rings (SSSR count). The van der Waals surface area contributed by atoms with Gasteiger partial charge in [-0.3, -0.25) is 4.90 Å². The number of methoxy groups -OCH3 is 3. The molecule has 0 bridgehead atoms. The van der Waals surface area contributed by atoms with Gasteiger partial charge < -0.3 is 39.5 Å². The molecule has 1 N–H and O–H groups in total. The van der Waals surface area contributed by atoms with E-state index in [1.807, 2.05) is 13.0 Å².